The Bertz CT molecular complexity index is 358. The average molecular weight is 220 g/mol. The van der Waals surface area contributed by atoms with Gasteiger partial charge in [-0.15, -0.1) is 0 Å². The molecule has 0 aliphatic carbocycles. The van der Waals surface area contributed by atoms with Crippen LogP contribution in [0.1, 0.15) is 44.4 Å². The highest BCUT2D eigenvalue weighted by Gasteiger charge is 2.22. The molecule has 0 saturated heterocycles. The third-order valence-corrected chi connectivity index (χ3v) is 2.92. The van der Waals surface area contributed by atoms with E-state index in [0.29, 0.717) is 0 Å². The van der Waals surface area contributed by atoms with E-state index >= 15 is 0 Å². The van der Waals surface area contributed by atoms with Gasteiger partial charge in [0.15, 0.2) is 0 Å². The Labute approximate surface area is 97.6 Å². The fourth-order valence-corrected chi connectivity index (χ4v) is 2.25. The Balaban J connectivity index is 2.34. The lowest BCUT2D eigenvalue weighted by molar-refractivity contribution is 0.0386. The molecule has 0 fully saturated rings. The quantitative estimate of drug-likeness (QED) is 0.776. The predicted octanol–water partition coefficient (Wildman–Crippen LogP) is 3.50. The maximum absolute atomic E-state index is 5.85. The molecule has 0 radical (unpaired) electrons. The van der Waals surface area contributed by atoms with Crippen LogP contribution in [0.4, 0.5) is 0 Å². The van der Waals surface area contributed by atoms with E-state index in [1.807, 2.05) is 0 Å². The van der Waals surface area contributed by atoms with Gasteiger partial charge in [-0.05, 0) is 38.3 Å². The molecule has 0 saturated carbocycles. The summed E-state index contributed by atoms with van der Waals surface area (Å²) >= 11 is 0. The van der Waals surface area contributed by atoms with Crippen molar-refractivity contribution in [2.45, 2.75) is 45.8 Å². The summed E-state index contributed by atoms with van der Waals surface area (Å²) in [6.07, 6.45) is 2.47. The maximum atomic E-state index is 5.85. The molecule has 16 heavy (non-hydrogen) atoms. The SMILES string of the molecule is CC[C@@H]1OCCc2c(OC(C)C)cccc21. The van der Waals surface area contributed by atoms with Crippen LogP contribution in [0.3, 0.4) is 0 Å². The first-order valence-electron chi connectivity index (χ1n) is 6.12. The van der Waals surface area contributed by atoms with E-state index in [1.165, 1.54) is 11.1 Å². The summed E-state index contributed by atoms with van der Waals surface area (Å²) in [6, 6.07) is 6.29. The summed E-state index contributed by atoms with van der Waals surface area (Å²) < 4.78 is 11.6. The zero-order valence-electron chi connectivity index (χ0n) is 10.3. The molecule has 0 spiro atoms. The van der Waals surface area contributed by atoms with E-state index in [-0.39, 0.29) is 12.2 Å². The molecule has 1 atom stereocenters. The lowest BCUT2D eigenvalue weighted by Crippen LogP contribution is -2.18. The van der Waals surface area contributed by atoms with Gasteiger partial charge in [0.2, 0.25) is 0 Å². The van der Waals surface area contributed by atoms with Crippen LogP contribution in [0.15, 0.2) is 18.2 Å². The average Bonchev–Trinajstić information content (AvgIpc) is 2.28. The highest BCUT2D eigenvalue weighted by Crippen LogP contribution is 2.35. The zero-order chi connectivity index (χ0) is 11.5. The van der Waals surface area contributed by atoms with Crippen molar-refractivity contribution in [2.24, 2.45) is 0 Å². The van der Waals surface area contributed by atoms with Crippen LogP contribution in [0, 0.1) is 0 Å². The number of rotatable bonds is 3. The van der Waals surface area contributed by atoms with E-state index < -0.39 is 0 Å². The van der Waals surface area contributed by atoms with Crippen molar-refractivity contribution in [2.75, 3.05) is 6.61 Å². The Hall–Kier alpha value is -1.02. The molecule has 1 aromatic rings. The van der Waals surface area contributed by atoms with E-state index in [0.717, 1.165) is 25.2 Å². The zero-order valence-corrected chi connectivity index (χ0v) is 10.3. The fraction of sp³-hybridized carbons (Fsp3) is 0.571. The summed E-state index contributed by atoms with van der Waals surface area (Å²) in [5.74, 6) is 1.04. The lowest BCUT2D eigenvalue weighted by Gasteiger charge is -2.27. The Morgan fingerprint density at radius 1 is 1.44 bits per heavy atom. The summed E-state index contributed by atoms with van der Waals surface area (Å²) in [4.78, 5) is 0. The van der Waals surface area contributed by atoms with Gasteiger partial charge in [-0.25, -0.2) is 0 Å². The van der Waals surface area contributed by atoms with Gasteiger partial charge in [0.1, 0.15) is 5.75 Å². The van der Waals surface area contributed by atoms with E-state index in [9.17, 15) is 0 Å². The molecule has 0 N–H and O–H groups in total. The van der Waals surface area contributed by atoms with Crippen molar-refractivity contribution in [3.05, 3.63) is 29.3 Å². The van der Waals surface area contributed by atoms with Gasteiger partial charge in [-0.1, -0.05) is 19.1 Å². The minimum absolute atomic E-state index is 0.231. The van der Waals surface area contributed by atoms with Crippen molar-refractivity contribution < 1.29 is 9.47 Å². The van der Waals surface area contributed by atoms with Crippen LogP contribution in [-0.4, -0.2) is 12.7 Å². The van der Waals surface area contributed by atoms with E-state index in [1.54, 1.807) is 0 Å². The molecule has 2 heteroatoms. The van der Waals surface area contributed by atoms with Crippen molar-refractivity contribution >= 4 is 0 Å². The van der Waals surface area contributed by atoms with Crippen molar-refractivity contribution in [3.8, 4) is 5.75 Å². The minimum atomic E-state index is 0.231. The molecule has 0 aromatic heterocycles. The molecule has 2 nitrogen and oxygen atoms in total. The first kappa shape index (κ1) is 11.5. The Morgan fingerprint density at radius 2 is 2.25 bits per heavy atom. The third kappa shape index (κ3) is 2.22. The summed E-state index contributed by atoms with van der Waals surface area (Å²) in [5, 5.41) is 0. The number of ether oxygens (including phenoxy) is 2. The molecule has 88 valence electrons. The lowest BCUT2D eigenvalue weighted by atomic mass is 9.95. The molecule has 2 rings (SSSR count). The fourth-order valence-electron chi connectivity index (χ4n) is 2.25. The standard InChI is InChI=1S/C14H20O2/c1-4-13-11-6-5-7-14(16-10(2)3)12(11)8-9-15-13/h5-7,10,13H,4,8-9H2,1-3H3/t13-/m0/s1. The van der Waals surface area contributed by atoms with Crippen molar-refractivity contribution in [1.82, 2.24) is 0 Å². The second-order valence-corrected chi connectivity index (χ2v) is 4.51. The summed E-state index contributed by atoms with van der Waals surface area (Å²) in [5.41, 5.74) is 2.65. The molecular weight excluding hydrogens is 200 g/mol. The number of fused-ring (bicyclic) bond motifs is 1. The molecule has 1 aliphatic rings. The third-order valence-electron chi connectivity index (χ3n) is 2.92. The first-order valence-corrected chi connectivity index (χ1v) is 6.12. The van der Waals surface area contributed by atoms with E-state index in [2.05, 4.69) is 39.0 Å². The molecule has 0 bridgehead atoms. The molecule has 1 aromatic carbocycles. The minimum Gasteiger partial charge on any atom is -0.491 e. The normalized spacial score (nSPS) is 19.6. The van der Waals surface area contributed by atoms with Gasteiger partial charge in [0.05, 0.1) is 18.8 Å². The molecule has 1 heterocycles. The van der Waals surface area contributed by atoms with Crippen molar-refractivity contribution in [3.63, 3.8) is 0 Å². The second-order valence-electron chi connectivity index (χ2n) is 4.51. The van der Waals surface area contributed by atoms with Gasteiger partial charge in [0, 0.05) is 5.56 Å². The molecule has 0 amide bonds. The summed E-state index contributed by atoms with van der Waals surface area (Å²) in [7, 11) is 0. The van der Waals surface area contributed by atoms with Crippen LogP contribution in [0.5, 0.6) is 5.75 Å². The topological polar surface area (TPSA) is 18.5 Å². The number of hydrogen-bond acceptors (Lipinski definition) is 2. The van der Waals surface area contributed by atoms with Crippen LogP contribution in [-0.2, 0) is 11.2 Å². The smallest absolute Gasteiger partial charge is 0.123 e. The van der Waals surface area contributed by atoms with Gasteiger partial charge in [-0.3, -0.25) is 0 Å². The highest BCUT2D eigenvalue weighted by atomic mass is 16.5. The second kappa shape index (κ2) is 4.88. The van der Waals surface area contributed by atoms with Crippen LogP contribution >= 0.6 is 0 Å². The van der Waals surface area contributed by atoms with Gasteiger partial charge in [-0.2, -0.15) is 0 Å². The number of hydrogen-bond donors (Lipinski definition) is 0. The van der Waals surface area contributed by atoms with Crippen LogP contribution in [0.25, 0.3) is 0 Å². The molecule has 1 aliphatic heterocycles. The Morgan fingerprint density at radius 3 is 2.94 bits per heavy atom. The molecule has 0 unspecified atom stereocenters. The largest absolute Gasteiger partial charge is 0.491 e. The monoisotopic (exact) mass is 220 g/mol. The Kier molecular flexibility index (Phi) is 3.49. The first-order chi connectivity index (χ1) is 7.72. The van der Waals surface area contributed by atoms with Crippen LogP contribution in [0.2, 0.25) is 0 Å². The molecular formula is C14H20O2. The van der Waals surface area contributed by atoms with Gasteiger partial charge < -0.3 is 9.47 Å². The van der Waals surface area contributed by atoms with Crippen molar-refractivity contribution in [1.29, 1.82) is 0 Å². The maximum Gasteiger partial charge on any atom is 0.123 e. The summed E-state index contributed by atoms with van der Waals surface area (Å²) in [6.45, 7) is 7.10. The van der Waals surface area contributed by atoms with Gasteiger partial charge >= 0.3 is 0 Å². The predicted molar refractivity (Wildman–Crippen MR) is 64.9 cm³/mol. The van der Waals surface area contributed by atoms with Gasteiger partial charge in [0.25, 0.3) is 0 Å². The highest BCUT2D eigenvalue weighted by molar-refractivity contribution is 5.42. The van der Waals surface area contributed by atoms with Crippen LogP contribution < -0.4 is 4.74 Å². The number of benzene rings is 1. The van der Waals surface area contributed by atoms with E-state index in [4.69, 9.17) is 9.47 Å².